The fraction of sp³-hybridized carbons (Fsp3) is 0. The smallest absolute Gasteiger partial charge is 0.164 e. The first-order chi connectivity index (χ1) is 22.3. The normalized spacial score (nSPS) is 11.6. The van der Waals surface area contributed by atoms with Gasteiger partial charge in [-0.25, -0.2) is 19.9 Å². The van der Waals surface area contributed by atoms with Crippen LogP contribution in [0.3, 0.4) is 0 Å². The van der Waals surface area contributed by atoms with Gasteiger partial charge in [0.25, 0.3) is 0 Å². The van der Waals surface area contributed by atoms with Crippen LogP contribution in [0.5, 0.6) is 0 Å². The Labute approximate surface area is 263 Å². The van der Waals surface area contributed by atoms with Crippen LogP contribution in [-0.2, 0) is 0 Å². The van der Waals surface area contributed by atoms with E-state index in [2.05, 4.69) is 84.9 Å². The standard InChI is InChI=1S/C40H24N4S/c1-3-12-25(13-4-1)38-42-39(26-14-5-2-6-15-26)44-40(43-38)28-17-11-16-27(22-28)37-33-24-36-32(30-19-8-10-21-35(30)45-36)23-31(33)29-18-7-9-20-34(29)41-37/h1-24H. The minimum absolute atomic E-state index is 0.626. The first-order valence-electron chi connectivity index (χ1n) is 14.9. The summed E-state index contributed by atoms with van der Waals surface area (Å²) in [5, 5.41) is 6.07. The largest absolute Gasteiger partial charge is 0.247 e. The first-order valence-corrected chi connectivity index (χ1v) is 15.7. The summed E-state index contributed by atoms with van der Waals surface area (Å²) in [5.74, 6) is 1.92. The van der Waals surface area contributed by atoms with Crippen molar-refractivity contribution in [1.29, 1.82) is 0 Å². The third-order valence-electron chi connectivity index (χ3n) is 8.29. The highest BCUT2D eigenvalue weighted by atomic mass is 32.1. The molecule has 0 radical (unpaired) electrons. The van der Waals surface area contributed by atoms with Gasteiger partial charge in [-0.3, -0.25) is 0 Å². The van der Waals surface area contributed by atoms with E-state index in [1.54, 1.807) is 0 Å². The van der Waals surface area contributed by atoms with Gasteiger partial charge in [0, 0.05) is 53.2 Å². The minimum Gasteiger partial charge on any atom is -0.247 e. The molecule has 210 valence electrons. The van der Waals surface area contributed by atoms with E-state index >= 15 is 0 Å². The lowest BCUT2D eigenvalue weighted by molar-refractivity contribution is 1.07. The summed E-state index contributed by atoms with van der Waals surface area (Å²) in [6, 6.07) is 50.3. The average molecular weight is 593 g/mol. The molecule has 0 aliphatic carbocycles. The maximum Gasteiger partial charge on any atom is 0.164 e. The van der Waals surface area contributed by atoms with Crippen LogP contribution < -0.4 is 0 Å². The van der Waals surface area contributed by atoms with Gasteiger partial charge in [-0.15, -0.1) is 11.3 Å². The third-order valence-corrected chi connectivity index (χ3v) is 9.43. The molecule has 0 amide bonds. The summed E-state index contributed by atoms with van der Waals surface area (Å²) in [6.45, 7) is 0. The molecule has 0 N–H and O–H groups in total. The van der Waals surface area contributed by atoms with Gasteiger partial charge >= 0.3 is 0 Å². The van der Waals surface area contributed by atoms with E-state index in [-0.39, 0.29) is 0 Å². The molecule has 0 atom stereocenters. The van der Waals surface area contributed by atoms with Crippen LogP contribution in [0, 0.1) is 0 Å². The number of pyridine rings is 1. The van der Waals surface area contributed by atoms with Crippen LogP contribution in [0.25, 0.3) is 87.3 Å². The Morgan fingerprint density at radius 2 is 0.911 bits per heavy atom. The maximum atomic E-state index is 5.25. The van der Waals surface area contributed by atoms with Gasteiger partial charge in [0.15, 0.2) is 17.5 Å². The van der Waals surface area contributed by atoms with Crippen molar-refractivity contribution in [3.63, 3.8) is 0 Å². The van der Waals surface area contributed by atoms with Crippen LogP contribution in [0.2, 0.25) is 0 Å². The topological polar surface area (TPSA) is 51.6 Å². The van der Waals surface area contributed by atoms with Gasteiger partial charge in [0.05, 0.1) is 11.2 Å². The summed E-state index contributed by atoms with van der Waals surface area (Å²) >= 11 is 1.83. The van der Waals surface area contributed by atoms with Crippen LogP contribution in [0.1, 0.15) is 0 Å². The Bertz CT molecular complexity index is 2480. The van der Waals surface area contributed by atoms with E-state index in [1.807, 2.05) is 72.0 Å². The van der Waals surface area contributed by atoms with Gasteiger partial charge in [-0.1, -0.05) is 115 Å². The quantitative estimate of drug-likeness (QED) is 0.191. The monoisotopic (exact) mass is 592 g/mol. The Hall–Kier alpha value is -5.78. The zero-order valence-electron chi connectivity index (χ0n) is 24.1. The van der Waals surface area contributed by atoms with Crippen molar-refractivity contribution in [2.75, 3.05) is 0 Å². The lowest BCUT2D eigenvalue weighted by atomic mass is 9.97. The molecule has 3 heterocycles. The molecule has 0 saturated carbocycles. The molecule has 45 heavy (non-hydrogen) atoms. The second-order valence-corrected chi connectivity index (χ2v) is 12.2. The lowest BCUT2D eigenvalue weighted by Gasteiger charge is -2.12. The molecule has 5 heteroatoms. The van der Waals surface area contributed by atoms with Crippen molar-refractivity contribution in [2.24, 2.45) is 0 Å². The fourth-order valence-corrected chi connectivity index (χ4v) is 7.26. The molecule has 3 aromatic heterocycles. The van der Waals surface area contributed by atoms with Crippen molar-refractivity contribution in [3.05, 3.63) is 146 Å². The predicted octanol–water partition coefficient (Wildman–Crippen LogP) is 10.6. The zero-order chi connectivity index (χ0) is 29.7. The summed E-state index contributed by atoms with van der Waals surface area (Å²) in [5.41, 5.74) is 5.75. The number of aromatic nitrogens is 4. The van der Waals surface area contributed by atoms with E-state index in [9.17, 15) is 0 Å². The highest BCUT2D eigenvalue weighted by Crippen LogP contribution is 2.41. The van der Waals surface area contributed by atoms with E-state index < -0.39 is 0 Å². The Morgan fingerprint density at radius 1 is 0.333 bits per heavy atom. The number of nitrogens with zero attached hydrogens (tertiary/aromatic N) is 4. The van der Waals surface area contributed by atoms with Crippen LogP contribution in [0.15, 0.2) is 146 Å². The molecule has 0 saturated heterocycles. The van der Waals surface area contributed by atoms with Gasteiger partial charge in [0.1, 0.15) is 0 Å². The van der Waals surface area contributed by atoms with Gasteiger partial charge in [-0.2, -0.15) is 0 Å². The molecule has 0 aliphatic rings. The number of hydrogen-bond acceptors (Lipinski definition) is 5. The number of hydrogen-bond donors (Lipinski definition) is 0. The van der Waals surface area contributed by atoms with Crippen molar-refractivity contribution in [1.82, 2.24) is 19.9 Å². The number of benzene rings is 6. The zero-order valence-corrected chi connectivity index (χ0v) is 24.9. The van der Waals surface area contributed by atoms with Gasteiger partial charge in [0.2, 0.25) is 0 Å². The van der Waals surface area contributed by atoms with Gasteiger partial charge < -0.3 is 0 Å². The van der Waals surface area contributed by atoms with E-state index in [0.29, 0.717) is 17.5 Å². The molecule has 0 spiro atoms. The molecular formula is C40H24N4S. The summed E-state index contributed by atoms with van der Waals surface area (Å²) in [4.78, 5) is 20.1. The second kappa shape index (κ2) is 10.4. The summed E-state index contributed by atoms with van der Waals surface area (Å²) in [7, 11) is 0. The van der Waals surface area contributed by atoms with Crippen LogP contribution in [0.4, 0.5) is 0 Å². The average Bonchev–Trinajstić information content (AvgIpc) is 3.48. The number of para-hydroxylation sites is 1. The van der Waals surface area contributed by atoms with Crippen LogP contribution in [-0.4, -0.2) is 19.9 Å². The lowest BCUT2D eigenvalue weighted by Crippen LogP contribution is -2.00. The molecule has 0 unspecified atom stereocenters. The minimum atomic E-state index is 0.626. The third kappa shape index (κ3) is 4.44. The molecule has 0 bridgehead atoms. The molecular weight excluding hydrogens is 569 g/mol. The fourth-order valence-electron chi connectivity index (χ4n) is 6.13. The van der Waals surface area contributed by atoms with E-state index in [4.69, 9.17) is 19.9 Å². The number of rotatable bonds is 4. The number of fused-ring (bicyclic) bond motifs is 6. The van der Waals surface area contributed by atoms with E-state index in [0.717, 1.165) is 44.2 Å². The molecule has 0 aliphatic heterocycles. The molecule has 4 nitrogen and oxygen atoms in total. The molecule has 9 aromatic rings. The van der Waals surface area contributed by atoms with Crippen molar-refractivity contribution < 1.29 is 0 Å². The highest BCUT2D eigenvalue weighted by Gasteiger charge is 2.16. The maximum absolute atomic E-state index is 5.25. The SMILES string of the molecule is c1ccc(-c2nc(-c3ccccc3)nc(-c3cccc(-c4nc5ccccc5c5cc6c(cc45)sc4ccccc46)c3)n2)cc1. The summed E-state index contributed by atoms with van der Waals surface area (Å²) in [6.07, 6.45) is 0. The Balaban J connectivity index is 1.27. The van der Waals surface area contributed by atoms with E-state index in [1.165, 1.54) is 25.6 Å². The van der Waals surface area contributed by atoms with Crippen molar-refractivity contribution in [2.45, 2.75) is 0 Å². The second-order valence-electron chi connectivity index (χ2n) is 11.1. The Morgan fingerprint density at radius 3 is 1.64 bits per heavy atom. The first kappa shape index (κ1) is 25.7. The number of thiophene rings is 1. The van der Waals surface area contributed by atoms with Crippen molar-refractivity contribution >= 4 is 53.2 Å². The highest BCUT2D eigenvalue weighted by molar-refractivity contribution is 7.25. The van der Waals surface area contributed by atoms with Crippen LogP contribution >= 0.6 is 11.3 Å². The molecule has 0 fully saturated rings. The van der Waals surface area contributed by atoms with Gasteiger partial charge in [-0.05, 0) is 35.7 Å². The predicted molar refractivity (Wildman–Crippen MR) is 187 cm³/mol. The summed E-state index contributed by atoms with van der Waals surface area (Å²) < 4.78 is 2.55. The van der Waals surface area contributed by atoms with Crippen molar-refractivity contribution in [3.8, 4) is 45.4 Å². The Kier molecular flexibility index (Phi) is 5.96. The molecule has 6 aromatic carbocycles. The molecule has 9 rings (SSSR count).